The van der Waals surface area contributed by atoms with Crippen molar-refractivity contribution in [2.45, 2.75) is 56.6 Å². The van der Waals surface area contributed by atoms with Crippen LogP contribution in [0.4, 0.5) is 32.0 Å². The highest BCUT2D eigenvalue weighted by molar-refractivity contribution is 5.97. The molecule has 0 spiro atoms. The molecule has 284 valence electrons. The quantitative estimate of drug-likeness (QED) is 0.152. The summed E-state index contributed by atoms with van der Waals surface area (Å²) in [6, 6.07) is 11.0. The van der Waals surface area contributed by atoms with E-state index >= 15 is 0 Å². The molecule has 2 atom stereocenters. The van der Waals surface area contributed by atoms with Crippen LogP contribution in [0.25, 0.3) is 0 Å². The summed E-state index contributed by atoms with van der Waals surface area (Å²) in [5, 5.41) is 0. The minimum atomic E-state index is -4.85. The highest BCUT2D eigenvalue weighted by Crippen LogP contribution is 2.41. The molecule has 2 fully saturated rings. The number of hydrogen-bond acceptors (Lipinski definition) is 7. The van der Waals surface area contributed by atoms with E-state index < -0.39 is 52.5 Å². The molecule has 3 aromatic rings. The lowest BCUT2D eigenvalue weighted by Gasteiger charge is -2.51. The summed E-state index contributed by atoms with van der Waals surface area (Å²) in [7, 11) is 1.57. The number of methoxy groups -OCH3 is 1. The topological polar surface area (TPSA) is 84.4 Å². The molecule has 0 radical (unpaired) electrons. The number of hydrogen-bond donors (Lipinski definition) is 0. The molecule has 2 aromatic carbocycles. The Morgan fingerprint density at radius 3 is 2.23 bits per heavy atom. The first-order valence-electron chi connectivity index (χ1n) is 16.7. The van der Waals surface area contributed by atoms with E-state index in [2.05, 4.69) is 9.88 Å². The Morgan fingerprint density at radius 1 is 0.904 bits per heavy atom. The van der Waals surface area contributed by atoms with Gasteiger partial charge in [0.2, 0.25) is 5.60 Å². The first-order chi connectivity index (χ1) is 24.3. The summed E-state index contributed by atoms with van der Waals surface area (Å²) in [6.45, 7) is 3.85. The lowest BCUT2D eigenvalue weighted by molar-refractivity contribution is -0.159. The summed E-state index contributed by atoms with van der Waals surface area (Å²) in [6.07, 6.45) is -6.79. The van der Waals surface area contributed by atoms with Gasteiger partial charge in [0, 0.05) is 58.6 Å². The van der Waals surface area contributed by atoms with Gasteiger partial charge in [0.15, 0.2) is 0 Å². The summed E-state index contributed by atoms with van der Waals surface area (Å²) < 4.78 is 99.8. The number of anilines is 1. The molecule has 16 heteroatoms. The Labute approximate surface area is 304 Å². The van der Waals surface area contributed by atoms with Crippen molar-refractivity contribution in [2.75, 3.05) is 57.9 Å². The average Bonchev–Trinajstić information content (AvgIpc) is 3.12. The van der Waals surface area contributed by atoms with E-state index in [0.717, 1.165) is 48.4 Å². The molecule has 0 unspecified atom stereocenters. The zero-order valence-corrected chi connectivity index (χ0v) is 29.5. The number of alkyl halides is 6. The number of carbonyl (C=O) groups is 2. The summed E-state index contributed by atoms with van der Waals surface area (Å²) >= 11 is 0. The van der Waals surface area contributed by atoms with Gasteiger partial charge in [-0.15, -0.1) is 12.4 Å². The molecule has 2 saturated heterocycles. The van der Waals surface area contributed by atoms with Crippen LogP contribution in [-0.2, 0) is 21.9 Å². The van der Waals surface area contributed by atoms with Crippen molar-refractivity contribution in [3.05, 3.63) is 83.7 Å². The van der Waals surface area contributed by atoms with Gasteiger partial charge in [-0.2, -0.15) is 26.3 Å². The maximum Gasteiger partial charge on any atom is 0.417 e. The second-order valence-corrected chi connectivity index (χ2v) is 12.4. The fourth-order valence-corrected chi connectivity index (χ4v) is 6.79. The van der Waals surface area contributed by atoms with Crippen molar-refractivity contribution in [1.29, 1.82) is 0 Å². The fourth-order valence-electron chi connectivity index (χ4n) is 6.79. The fraction of sp³-hybridized carbons (Fsp3) is 0.472. The molecular formula is C36H41ClF6N4O5. The molecule has 0 saturated carbocycles. The molecular weight excluding hydrogens is 718 g/mol. The number of carbonyl (C=O) groups excluding carboxylic acids is 2. The van der Waals surface area contributed by atoms with Crippen LogP contribution in [0.5, 0.6) is 11.5 Å². The van der Waals surface area contributed by atoms with E-state index in [9.17, 15) is 35.9 Å². The first-order valence-corrected chi connectivity index (χ1v) is 16.7. The van der Waals surface area contributed by atoms with Gasteiger partial charge in [-0.3, -0.25) is 14.6 Å². The van der Waals surface area contributed by atoms with Crippen LogP contribution in [0.3, 0.4) is 0 Å². The molecule has 2 aliphatic heterocycles. The third kappa shape index (κ3) is 8.85. The van der Waals surface area contributed by atoms with E-state index in [1.807, 2.05) is 24.3 Å². The number of benzene rings is 2. The summed E-state index contributed by atoms with van der Waals surface area (Å²) in [4.78, 5) is 37.5. The normalized spacial score (nSPS) is 19.5. The van der Waals surface area contributed by atoms with E-state index in [4.69, 9.17) is 14.2 Å². The number of ether oxygens (including phenoxy) is 3. The highest BCUT2D eigenvalue weighted by atomic mass is 35.5. The number of piperazine rings is 1. The number of aromatic nitrogens is 1. The lowest BCUT2D eigenvalue weighted by Crippen LogP contribution is -2.69. The summed E-state index contributed by atoms with van der Waals surface area (Å²) in [5.41, 5.74) is -3.73. The van der Waals surface area contributed by atoms with E-state index in [0.29, 0.717) is 38.5 Å². The largest absolute Gasteiger partial charge is 0.489 e. The molecule has 2 amide bonds. The van der Waals surface area contributed by atoms with Crippen LogP contribution in [0.1, 0.15) is 54.1 Å². The Kier molecular flexibility index (Phi) is 13.3. The first kappa shape index (κ1) is 40.5. The number of nitrogens with zero attached hydrogens (tertiary/aromatic N) is 4. The molecule has 0 N–H and O–H groups in total. The third-order valence-corrected chi connectivity index (χ3v) is 9.20. The van der Waals surface area contributed by atoms with Crippen LogP contribution < -0.4 is 14.4 Å². The molecule has 0 aliphatic carbocycles. The van der Waals surface area contributed by atoms with Crippen molar-refractivity contribution in [3.63, 3.8) is 0 Å². The van der Waals surface area contributed by atoms with Gasteiger partial charge < -0.3 is 28.9 Å². The van der Waals surface area contributed by atoms with Crippen molar-refractivity contribution in [1.82, 2.24) is 14.8 Å². The predicted octanol–water partition coefficient (Wildman–Crippen LogP) is 7.14. The Morgan fingerprint density at radius 2 is 1.60 bits per heavy atom. The van der Waals surface area contributed by atoms with Crippen molar-refractivity contribution >= 4 is 29.9 Å². The van der Waals surface area contributed by atoms with E-state index in [1.165, 1.54) is 4.90 Å². The third-order valence-electron chi connectivity index (χ3n) is 9.20. The van der Waals surface area contributed by atoms with Gasteiger partial charge >= 0.3 is 12.4 Å². The van der Waals surface area contributed by atoms with Gasteiger partial charge in [0.05, 0.1) is 35.0 Å². The minimum absolute atomic E-state index is 0. The lowest BCUT2D eigenvalue weighted by atomic mass is 9.79. The SMILES string of the molecule is CCC[C@H]1N(C(=O)c2cnccc2C(F)(F)F)CCC[C@@]1(Oc1ccc(C(F)(F)F)cc1)C(=O)N1CCN(c2ccccc2OCCOC)CC1.Cl. The van der Waals surface area contributed by atoms with Gasteiger partial charge in [-0.05, 0) is 55.3 Å². The van der Waals surface area contributed by atoms with Crippen molar-refractivity contribution < 1.29 is 50.1 Å². The van der Waals surface area contributed by atoms with E-state index in [-0.39, 0.29) is 57.1 Å². The molecule has 5 rings (SSSR count). The van der Waals surface area contributed by atoms with Crippen molar-refractivity contribution in [3.8, 4) is 11.5 Å². The van der Waals surface area contributed by atoms with Crippen LogP contribution in [0, 0.1) is 0 Å². The predicted molar refractivity (Wildman–Crippen MR) is 183 cm³/mol. The number of piperidine rings is 1. The maximum atomic E-state index is 14.8. The maximum absolute atomic E-state index is 14.8. The minimum Gasteiger partial charge on any atom is -0.489 e. The number of halogens is 7. The van der Waals surface area contributed by atoms with Gasteiger partial charge in [-0.1, -0.05) is 25.5 Å². The Bertz CT molecular complexity index is 1650. The number of rotatable bonds is 11. The zero-order chi connectivity index (χ0) is 36.8. The number of amides is 2. The molecule has 9 nitrogen and oxygen atoms in total. The zero-order valence-electron chi connectivity index (χ0n) is 28.7. The van der Waals surface area contributed by atoms with Gasteiger partial charge in [0.25, 0.3) is 11.8 Å². The highest BCUT2D eigenvalue weighted by Gasteiger charge is 2.56. The van der Waals surface area contributed by atoms with Gasteiger partial charge in [-0.25, -0.2) is 0 Å². The van der Waals surface area contributed by atoms with Gasteiger partial charge in [0.1, 0.15) is 18.1 Å². The number of likely N-dealkylation sites (tertiary alicyclic amines) is 1. The Hall–Kier alpha value is -4.24. The number of pyridine rings is 1. The second kappa shape index (κ2) is 17.1. The van der Waals surface area contributed by atoms with Crippen LogP contribution in [0.2, 0.25) is 0 Å². The standard InChI is InChI=1S/C36H40F6N4O5.ClH/c1-3-7-31-34(51-26-12-10-25(11-13-26)35(37,38)39,15-6-17-46(31)32(47)27-24-43-16-14-28(27)36(40,41)42)33(48)45-20-18-44(19-21-45)29-8-4-5-9-30(29)50-23-22-49-2;/h4-5,8-14,16,24,31H,3,6-7,15,17-23H2,1-2H3;1H/t31-,34+;/m1./s1. The second-order valence-electron chi connectivity index (χ2n) is 12.4. The van der Waals surface area contributed by atoms with Crippen LogP contribution >= 0.6 is 12.4 Å². The van der Waals surface area contributed by atoms with Crippen LogP contribution in [-0.4, -0.2) is 91.3 Å². The molecule has 2 aliphatic rings. The monoisotopic (exact) mass is 758 g/mol. The van der Waals surface area contributed by atoms with Crippen LogP contribution in [0.15, 0.2) is 67.0 Å². The molecule has 3 heterocycles. The molecule has 0 bridgehead atoms. The molecule has 1 aromatic heterocycles. The van der Waals surface area contributed by atoms with E-state index in [1.54, 1.807) is 18.9 Å². The van der Waals surface area contributed by atoms with Crippen molar-refractivity contribution in [2.24, 2.45) is 0 Å². The Balaban J connectivity index is 0.00000605. The molecule has 52 heavy (non-hydrogen) atoms. The smallest absolute Gasteiger partial charge is 0.417 e. The number of para-hydroxylation sites is 2. The average molecular weight is 759 g/mol. The summed E-state index contributed by atoms with van der Waals surface area (Å²) in [5.74, 6) is -0.846.